The molecule has 39 heavy (non-hydrogen) atoms. The number of aromatic nitrogens is 4. The number of aryl methyl sites for hydroxylation is 1. The SMILES string of the molecule is COC(=O)c1cc(C)c2c(c1)nc(N)n2C/C=C/Cn1c(N)nc2cc(C(N)=O)cc(CN3CCOCC3)c21. The van der Waals surface area contributed by atoms with Crippen molar-refractivity contribution in [2.75, 3.05) is 44.9 Å². The summed E-state index contributed by atoms with van der Waals surface area (Å²) in [6, 6.07) is 6.95. The van der Waals surface area contributed by atoms with Crippen molar-refractivity contribution in [3.05, 3.63) is 58.7 Å². The summed E-state index contributed by atoms with van der Waals surface area (Å²) in [5, 5.41) is 0. The number of amides is 1. The molecule has 1 saturated heterocycles. The van der Waals surface area contributed by atoms with E-state index in [1.165, 1.54) is 7.11 Å². The molecular formula is C27H32N8O4. The molecule has 0 atom stereocenters. The summed E-state index contributed by atoms with van der Waals surface area (Å²) < 4.78 is 14.1. The number of hydrogen-bond acceptors (Lipinski definition) is 9. The molecule has 204 valence electrons. The molecule has 0 unspecified atom stereocenters. The zero-order valence-electron chi connectivity index (χ0n) is 22.0. The molecule has 0 bridgehead atoms. The average molecular weight is 533 g/mol. The number of hydrogen-bond donors (Lipinski definition) is 3. The largest absolute Gasteiger partial charge is 0.465 e. The molecule has 0 spiro atoms. The van der Waals surface area contributed by atoms with E-state index in [0.717, 1.165) is 35.2 Å². The zero-order chi connectivity index (χ0) is 27.7. The Morgan fingerprint density at radius 1 is 0.949 bits per heavy atom. The fourth-order valence-electron chi connectivity index (χ4n) is 5.10. The first kappa shape index (κ1) is 26.2. The molecule has 1 fully saturated rings. The standard InChI is InChI=1S/C27H32N8O4/c1-16-11-18(25(37)38-2)14-20-22(16)34(26(29)31-20)5-3-4-6-35-23-19(15-33-7-9-39-10-8-33)12-17(24(28)36)13-21(23)32-27(35)30/h3-4,11-14H,5-10,15H2,1-2H3,(H2,28,36)(H2,29,31)(H2,30,32)/b4-3+. The highest BCUT2D eigenvalue weighted by Gasteiger charge is 2.19. The van der Waals surface area contributed by atoms with Crippen molar-refractivity contribution >= 4 is 45.8 Å². The minimum absolute atomic E-state index is 0.346. The number of morpholine rings is 1. The number of nitrogens with zero attached hydrogens (tertiary/aromatic N) is 5. The molecule has 0 radical (unpaired) electrons. The van der Waals surface area contributed by atoms with Crippen molar-refractivity contribution in [3.63, 3.8) is 0 Å². The van der Waals surface area contributed by atoms with Gasteiger partial charge in [0.25, 0.3) is 0 Å². The van der Waals surface area contributed by atoms with Gasteiger partial charge in [0.05, 0.1) is 48.0 Å². The van der Waals surface area contributed by atoms with Crippen LogP contribution in [-0.2, 0) is 29.1 Å². The van der Waals surface area contributed by atoms with Crippen LogP contribution in [0.25, 0.3) is 22.1 Å². The number of carbonyl (C=O) groups excluding carboxylic acids is 2. The smallest absolute Gasteiger partial charge is 0.337 e. The van der Waals surface area contributed by atoms with Gasteiger partial charge in [-0.1, -0.05) is 12.2 Å². The van der Waals surface area contributed by atoms with Crippen LogP contribution in [0.2, 0.25) is 0 Å². The normalized spacial score (nSPS) is 14.5. The van der Waals surface area contributed by atoms with E-state index in [-0.39, 0.29) is 0 Å². The second kappa shape index (κ2) is 10.8. The number of imidazole rings is 2. The van der Waals surface area contributed by atoms with Gasteiger partial charge in [-0.05, 0) is 42.3 Å². The summed E-state index contributed by atoms with van der Waals surface area (Å²) in [5.74, 6) is -0.237. The van der Waals surface area contributed by atoms with Crippen molar-refractivity contribution in [1.29, 1.82) is 0 Å². The lowest BCUT2D eigenvalue weighted by Gasteiger charge is -2.27. The molecule has 6 N–H and O–H groups in total. The molecule has 12 heteroatoms. The van der Waals surface area contributed by atoms with Gasteiger partial charge in [0.1, 0.15) is 0 Å². The van der Waals surface area contributed by atoms with E-state index in [4.69, 9.17) is 26.7 Å². The maximum Gasteiger partial charge on any atom is 0.337 e. The van der Waals surface area contributed by atoms with E-state index >= 15 is 0 Å². The Balaban J connectivity index is 1.42. The van der Waals surface area contributed by atoms with E-state index in [1.807, 2.05) is 34.3 Å². The highest BCUT2D eigenvalue weighted by Crippen LogP contribution is 2.27. The van der Waals surface area contributed by atoms with Crippen LogP contribution in [0.3, 0.4) is 0 Å². The van der Waals surface area contributed by atoms with Crippen LogP contribution in [0.4, 0.5) is 11.9 Å². The first-order chi connectivity index (χ1) is 18.8. The van der Waals surface area contributed by atoms with Crippen LogP contribution in [0.5, 0.6) is 0 Å². The van der Waals surface area contributed by atoms with Crippen LogP contribution in [0.1, 0.15) is 31.8 Å². The molecule has 3 heterocycles. The molecule has 0 aliphatic carbocycles. The van der Waals surface area contributed by atoms with Gasteiger partial charge in [0.2, 0.25) is 17.8 Å². The Labute approximate surface area is 225 Å². The predicted molar refractivity (Wildman–Crippen MR) is 148 cm³/mol. The number of anilines is 2. The van der Waals surface area contributed by atoms with E-state index in [0.29, 0.717) is 66.9 Å². The third kappa shape index (κ3) is 5.16. The molecular weight excluding hydrogens is 500 g/mol. The first-order valence-corrected chi connectivity index (χ1v) is 12.6. The number of nitrogen functional groups attached to an aromatic ring is 2. The highest BCUT2D eigenvalue weighted by molar-refractivity contribution is 5.98. The summed E-state index contributed by atoms with van der Waals surface area (Å²) in [4.78, 5) is 35.2. The molecule has 2 aromatic carbocycles. The third-order valence-electron chi connectivity index (χ3n) is 6.96. The Morgan fingerprint density at radius 3 is 2.15 bits per heavy atom. The zero-order valence-corrected chi connectivity index (χ0v) is 22.0. The second-order valence-corrected chi connectivity index (χ2v) is 9.54. The molecule has 4 aromatic rings. The number of allylic oxidation sites excluding steroid dienone is 2. The Bertz CT molecular complexity index is 1600. The summed E-state index contributed by atoms with van der Waals surface area (Å²) in [6.07, 6.45) is 3.97. The van der Waals surface area contributed by atoms with Gasteiger partial charge in [-0.15, -0.1) is 0 Å². The van der Waals surface area contributed by atoms with Gasteiger partial charge in [0, 0.05) is 38.3 Å². The summed E-state index contributed by atoms with van der Waals surface area (Å²) >= 11 is 0. The van der Waals surface area contributed by atoms with E-state index in [2.05, 4.69) is 14.9 Å². The van der Waals surface area contributed by atoms with Crippen molar-refractivity contribution in [1.82, 2.24) is 24.0 Å². The number of nitrogens with two attached hydrogens (primary N) is 3. The van der Waals surface area contributed by atoms with Crippen LogP contribution in [-0.4, -0.2) is 69.3 Å². The number of ether oxygens (including phenoxy) is 2. The van der Waals surface area contributed by atoms with Gasteiger partial charge in [-0.2, -0.15) is 0 Å². The second-order valence-electron chi connectivity index (χ2n) is 9.54. The van der Waals surface area contributed by atoms with Crippen LogP contribution in [0.15, 0.2) is 36.4 Å². The monoisotopic (exact) mass is 532 g/mol. The number of primary amides is 1. The van der Waals surface area contributed by atoms with Gasteiger partial charge in [-0.25, -0.2) is 14.8 Å². The lowest BCUT2D eigenvalue weighted by molar-refractivity contribution is 0.0343. The van der Waals surface area contributed by atoms with E-state index in [9.17, 15) is 9.59 Å². The Kier molecular flexibility index (Phi) is 7.22. The van der Waals surface area contributed by atoms with Crippen LogP contribution >= 0.6 is 0 Å². The summed E-state index contributed by atoms with van der Waals surface area (Å²) in [5.41, 5.74) is 23.7. The quantitative estimate of drug-likeness (QED) is 0.226. The molecule has 5 rings (SSSR count). The lowest BCUT2D eigenvalue weighted by atomic mass is 10.1. The van der Waals surface area contributed by atoms with Crippen LogP contribution in [0, 0.1) is 6.92 Å². The number of carbonyl (C=O) groups is 2. The van der Waals surface area contributed by atoms with Crippen molar-refractivity contribution in [2.24, 2.45) is 5.73 Å². The maximum absolute atomic E-state index is 12.0. The minimum Gasteiger partial charge on any atom is -0.465 e. The van der Waals surface area contributed by atoms with Crippen LogP contribution < -0.4 is 17.2 Å². The summed E-state index contributed by atoms with van der Waals surface area (Å²) in [6.45, 7) is 6.40. The van der Waals surface area contributed by atoms with Gasteiger partial charge < -0.3 is 35.8 Å². The van der Waals surface area contributed by atoms with Crippen molar-refractivity contribution in [3.8, 4) is 0 Å². The average Bonchev–Trinajstić information content (AvgIpc) is 3.41. The number of methoxy groups -OCH3 is 1. The molecule has 1 aliphatic heterocycles. The van der Waals surface area contributed by atoms with E-state index < -0.39 is 11.9 Å². The molecule has 0 saturated carbocycles. The number of benzene rings is 2. The third-order valence-corrected chi connectivity index (χ3v) is 6.96. The topological polar surface area (TPSA) is 170 Å². The fraction of sp³-hybridized carbons (Fsp3) is 0.333. The number of rotatable bonds is 8. The van der Waals surface area contributed by atoms with Gasteiger partial charge in [0.15, 0.2) is 0 Å². The molecule has 2 aromatic heterocycles. The molecule has 12 nitrogen and oxygen atoms in total. The minimum atomic E-state index is -0.507. The molecule has 1 aliphatic rings. The lowest BCUT2D eigenvalue weighted by Crippen LogP contribution is -2.35. The number of esters is 1. The van der Waals surface area contributed by atoms with Gasteiger partial charge >= 0.3 is 5.97 Å². The maximum atomic E-state index is 12.0. The van der Waals surface area contributed by atoms with Crippen molar-refractivity contribution in [2.45, 2.75) is 26.6 Å². The van der Waals surface area contributed by atoms with E-state index in [1.54, 1.807) is 18.2 Å². The Hall–Kier alpha value is -4.42. The van der Waals surface area contributed by atoms with Gasteiger partial charge in [-0.3, -0.25) is 9.69 Å². The predicted octanol–water partition coefficient (Wildman–Crippen LogP) is 1.83. The van der Waals surface area contributed by atoms with Crippen molar-refractivity contribution < 1.29 is 19.1 Å². The molecule has 1 amide bonds. The number of fused-ring (bicyclic) bond motifs is 2. The first-order valence-electron chi connectivity index (χ1n) is 12.6. The highest BCUT2D eigenvalue weighted by atomic mass is 16.5. The fourth-order valence-corrected chi connectivity index (χ4v) is 5.10. The Morgan fingerprint density at radius 2 is 1.54 bits per heavy atom. The summed E-state index contributed by atoms with van der Waals surface area (Å²) in [7, 11) is 1.35.